The number of imidazole rings is 2. The van der Waals surface area contributed by atoms with Gasteiger partial charge in [-0.25, -0.2) is 19.2 Å². The molecule has 3 aromatic heterocycles. The second-order valence-corrected chi connectivity index (χ2v) is 12.8. The molecule has 0 bridgehead atoms. The van der Waals surface area contributed by atoms with Gasteiger partial charge in [0.15, 0.2) is 17.3 Å². The van der Waals surface area contributed by atoms with Crippen LogP contribution in [0.2, 0.25) is 5.02 Å². The van der Waals surface area contributed by atoms with E-state index in [1.807, 2.05) is 47.4 Å². The van der Waals surface area contributed by atoms with Gasteiger partial charge in [-0.15, -0.1) is 0 Å². The highest BCUT2D eigenvalue weighted by molar-refractivity contribution is 6.30. The minimum absolute atomic E-state index is 0.152. The Labute approximate surface area is 269 Å². The molecule has 8 rings (SSSR count). The Hall–Kier alpha value is -4.48. The van der Waals surface area contributed by atoms with Crippen LogP contribution in [-0.2, 0) is 30.2 Å². The van der Waals surface area contributed by atoms with Crippen molar-refractivity contribution in [2.75, 3.05) is 20.2 Å². The zero-order valence-electron chi connectivity index (χ0n) is 25.6. The van der Waals surface area contributed by atoms with E-state index in [1.165, 1.54) is 13.2 Å². The van der Waals surface area contributed by atoms with Crippen LogP contribution in [0.3, 0.4) is 0 Å². The van der Waals surface area contributed by atoms with Crippen molar-refractivity contribution in [3.63, 3.8) is 0 Å². The van der Waals surface area contributed by atoms with Crippen LogP contribution in [0.4, 0.5) is 4.39 Å². The van der Waals surface area contributed by atoms with Crippen LogP contribution < -0.4 is 9.47 Å². The van der Waals surface area contributed by atoms with E-state index in [0.717, 1.165) is 42.5 Å². The van der Waals surface area contributed by atoms with Gasteiger partial charge in [-0.2, -0.15) is 0 Å². The van der Waals surface area contributed by atoms with Gasteiger partial charge in [-0.3, -0.25) is 9.88 Å². The van der Waals surface area contributed by atoms with Gasteiger partial charge in [0.05, 0.1) is 48.3 Å². The molecule has 2 aromatic carbocycles. The van der Waals surface area contributed by atoms with E-state index in [0.29, 0.717) is 52.8 Å². The molecule has 2 unspecified atom stereocenters. The number of esters is 1. The number of halogens is 2. The Bertz CT molecular complexity index is 1980. The monoisotopic (exact) mass is 642 g/mol. The average Bonchev–Trinajstić information content (AvgIpc) is 3.54. The number of para-hydroxylation sites is 1. The summed E-state index contributed by atoms with van der Waals surface area (Å²) in [4.78, 5) is 28.2. The summed E-state index contributed by atoms with van der Waals surface area (Å²) in [5.41, 5.74) is 3.72. The first-order valence-electron chi connectivity index (χ1n) is 15.4. The van der Waals surface area contributed by atoms with E-state index in [1.54, 1.807) is 24.7 Å². The smallest absolute Gasteiger partial charge is 0.338 e. The number of piperidine rings is 1. The minimum atomic E-state index is -1.03. The fourth-order valence-corrected chi connectivity index (χ4v) is 7.36. The Kier molecular flexibility index (Phi) is 6.80. The summed E-state index contributed by atoms with van der Waals surface area (Å²) in [6, 6.07) is 12.5. The number of nitrogens with zero attached hydrogens (tertiary/aromatic N) is 6. The Morgan fingerprint density at radius 1 is 1.13 bits per heavy atom. The number of carbonyl (C=O) groups excluding carboxylic acids is 1. The first kappa shape index (κ1) is 29.0. The van der Waals surface area contributed by atoms with Crippen molar-refractivity contribution in [1.29, 1.82) is 0 Å². The lowest BCUT2D eigenvalue weighted by Gasteiger charge is -2.23. The average molecular weight is 643 g/mol. The summed E-state index contributed by atoms with van der Waals surface area (Å²) >= 11 is 6.06. The number of pyridine rings is 1. The molecule has 2 aliphatic heterocycles. The molecule has 1 saturated carbocycles. The van der Waals surface area contributed by atoms with E-state index in [9.17, 15) is 4.79 Å². The summed E-state index contributed by atoms with van der Waals surface area (Å²) in [7, 11) is 1.29. The number of likely N-dealkylation sites (tertiary alicyclic amines) is 1. The lowest BCUT2D eigenvalue weighted by Crippen LogP contribution is -2.32. The number of aryl methyl sites for hydroxylation is 1. The largest absolute Gasteiger partial charge is 0.465 e. The quantitative estimate of drug-likeness (QED) is 0.197. The van der Waals surface area contributed by atoms with Gasteiger partial charge in [-0.05, 0) is 55.0 Å². The van der Waals surface area contributed by atoms with Crippen LogP contribution in [-0.4, -0.2) is 55.2 Å². The highest BCUT2D eigenvalue weighted by atomic mass is 35.5. The standard InChI is InChI=1S/C34H32ClFN6O4/c1-4-41-18-37-13-21(41)14-42-26-11-19(33(43)44-3)10-25(36)31(26)39-29(42)17-40-15-23-24(16-40)30(23)22-6-5-7-27-32(22)46-34(2,45-27)28-9-8-20(35)12-38-28/h5-13,18,23-24,30H,4,14-17H2,1-3H3/t23-,24+,30?,34?. The molecule has 0 spiro atoms. The lowest BCUT2D eigenvalue weighted by molar-refractivity contribution is -0.0721. The normalized spacial score (nSPS) is 23.2. The molecular weight excluding hydrogens is 611 g/mol. The van der Waals surface area contributed by atoms with Crippen molar-refractivity contribution < 1.29 is 23.4 Å². The third kappa shape index (κ3) is 4.72. The van der Waals surface area contributed by atoms with Crippen molar-refractivity contribution in [2.45, 2.75) is 45.2 Å². The minimum Gasteiger partial charge on any atom is -0.465 e. The predicted molar refractivity (Wildman–Crippen MR) is 167 cm³/mol. The zero-order chi connectivity index (χ0) is 31.7. The van der Waals surface area contributed by atoms with E-state index < -0.39 is 17.6 Å². The predicted octanol–water partition coefficient (Wildman–Crippen LogP) is 5.76. The van der Waals surface area contributed by atoms with Crippen LogP contribution in [0.1, 0.15) is 52.9 Å². The molecule has 0 radical (unpaired) electrons. The lowest BCUT2D eigenvalue weighted by atomic mass is 10.0. The summed E-state index contributed by atoms with van der Waals surface area (Å²) in [6.45, 7) is 7.43. The summed E-state index contributed by atoms with van der Waals surface area (Å²) < 4.78 is 37.0. The fourth-order valence-electron chi connectivity index (χ4n) is 7.25. The zero-order valence-corrected chi connectivity index (χ0v) is 26.4. The maximum absolute atomic E-state index is 15.3. The molecule has 2 fully saturated rings. The second kappa shape index (κ2) is 10.8. The number of benzene rings is 2. The van der Waals surface area contributed by atoms with Crippen molar-refractivity contribution in [1.82, 2.24) is 29.0 Å². The maximum atomic E-state index is 15.3. The molecule has 0 N–H and O–H groups in total. The van der Waals surface area contributed by atoms with Gasteiger partial charge in [0, 0.05) is 44.5 Å². The number of methoxy groups -OCH3 is 1. The van der Waals surface area contributed by atoms with Gasteiger partial charge in [0.1, 0.15) is 17.0 Å². The molecule has 0 amide bonds. The molecule has 1 aliphatic carbocycles. The highest BCUT2D eigenvalue weighted by Crippen LogP contribution is 2.62. The van der Waals surface area contributed by atoms with E-state index in [2.05, 4.69) is 20.9 Å². The topological polar surface area (TPSA) is 96.5 Å². The van der Waals surface area contributed by atoms with Crippen molar-refractivity contribution in [3.05, 3.63) is 100 Å². The summed E-state index contributed by atoms with van der Waals surface area (Å²) in [6.07, 6.45) is 5.19. The highest BCUT2D eigenvalue weighted by Gasteiger charge is 2.58. The number of carbonyl (C=O) groups is 1. The fraction of sp³-hybridized carbons (Fsp3) is 0.353. The van der Waals surface area contributed by atoms with Crippen LogP contribution in [0, 0.1) is 17.7 Å². The molecule has 5 aromatic rings. The number of aromatic nitrogens is 5. The molecule has 3 aliphatic rings. The molecule has 4 atom stereocenters. The second-order valence-electron chi connectivity index (χ2n) is 12.3. The van der Waals surface area contributed by atoms with Gasteiger partial charge >= 0.3 is 5.97 Å². The number of fused-ring (bicyclic) bond motifs is 3. The summed E-state index contributed by atoms with van der Waals surface area (Å²) in [5, 5.41) is 0.554. The first-order chi connectivity index (χ1) is 22.3. The molecule has 46 heavy (non-hydrogen) atoms. The molecular formula is C34H32ClFN6O4. The van der Waals surface area contributed by atoms with Gasteiger partial charge in [0.25, 0.3) is 5.79 Å². The van der Waals surface area contributed by atoms with Gasteiger partial charge in [-0.1, -0.05) is 23.7 Å². The van der Waals surface area contributed by atoms with Gasteiger partial charge < -0.3 is 23.3 Å². The molecule has 12 heteroatoms. The number of ether oxygens (including phenoxy) is 3. The van der Waals surface area contributed by atoms with E-state index in [4.69, 9.17) is 30.8 Å². The van der Waals surface area contributed by atoms with Crippen molar-refractivity contribution in [2.24, 2.45) is 11.8 Å². The number of rotatable bonds is 8. The molecule has 1 saturated heterocycles. The molecule has 5 heterocycles. The maximum Gasteiger partial charge on any atom is 0.338 e. The third-order valence-corrected chi connectivity index (χ3v) is 9.79. The van der Waals surface area contributed by atoms with Crippen LogP contribution >= 0.6 is 11.6 Å². The Balaban J connectivity index is 1.04. The molecule has 236 valence electrons. The number of hydrogen-bond acceptors (Lipinski definition) is 8. The van der Waals surface area contributed by atoms with Crippen molar-refractivity contribution in [3.8, 4) is 11.5 Å². The van der Waals surface area contributed by atoms with E-state index in [-0.39, 0.29) is 11.1 Å². The Morgan fingerprint density at radius 3 is 2.70 bits per heavy atom. The van der Waals surface area contributed by atoms with Crippen LogP contribution in [0.15, 0.2) is 61.2 Å². The van der Waals surface area contributed by atoms with E-state index >= 15 is 4.39 Å². The molecule has 10 nitrogen and oxygen atoms in total. The Morgan fingerprint density at radius 2 is 1.96 bits per heavy atom. The van der Waals surface area contributed by atoms with Gasteiger partial charge in [0.2, 0.25) is 0 Å². The van der Waals surface area contributed by atoms with Crippen molar-refractivity contribution >= 4 is 28.6 Å². The van der Waals surface area contributed by atoms with Crippen LogP contribution in [0.25, 0.3) is 11.0 Å². The SMILES string of the molecule is CCn1cncc1Cn1c(CN2C[C@@H]3C(c4cccc5c4OC(C)(c4ccc(Cl)cn4)O5)[C@@H]3C2)nc2c(F)cc(C(=O)OC)cc21. The number of hydrogen-bond donors (Lipinski definition) is 0. The summed E-state index contributed by atoms with van der Waals surface area (Å²) in [5.74, 6) is 1.32. The van der Waals surface area contributed by atoms with Crippen LogP contribution in [0.5, 0.6) is 11.5 Å². The first-order valence-corrected chi connectivity index (χ1v) is 15.8. The third-order valence-electron chi connectivity index (χ3n) is 9.56.